The van der Waals surface area contributed by atoms with Crippen molar-refractivity contribution in [2.45, 2.75) is 51.9 Å². The molecule has 2 rings (SSSR count). The first-order valence-electron chi connectivity index (χ1n) is 6.59. The quantitative estimate of drug-likeness (QED) is 0.778. The summed E-state index contributed by atoms with van der Waals surface area (Å²) in [6.07, 6.45) is 6.85. The molecule has 1 heterocycles. The Bertz CT molecular complexity index is 341. The van der Waals surface area contributed by atoms with Crippen LogP contribution in [0, 0.1) is 0 Å². The molecule has 0 radical (unpaired) electrons. The van der Waals surface area contributed by atoms with Crippen LogP contribution in [0.4, 0.5) is 0 Å². The summed E-state index contributed by atoms with van der Waals surface area (Å²) < 4.78 is 2.19. The smallest absolute Gasteiger partial charge is 0.0950 e. The van der Waals surface area contributed by atoms with Crippen molar-refractivity contribution in [2.75, 3.05) is 13.6 Å². The van der Waals surface area contributed by atoms with Gasteiger partial charge in [-0.1, -0.05) is 13.8 Å². The zero-order chi connectivity index (χ0) is 12.3. The molecule has 4 heteroatoms. The second-order valence-corrected chi connectivity index (χ2v) is 5.35. The molecule has 1 aromatic heterocycles. The van der Waals surface area contributed by atoms with Gasteiger partial charge in [0.25, 0.3) is 0 Å². The molecule has 0 atom stereocenters. The lowest BCUT2D eigenvalue weighted by Crippen LogP contribution is -2.25. The van der Waals surface area contributed by atoms with E-state index in [1.807, 2.05) is 6.33 Å². The van der Waals surface area contributed by atoms with E-state index in [-0.39, 0.29) is 0 Å². The highest BCUT2D eigenvalue weighted by Gasteiger charge is 2.25. The maximum atomic E-state index is 4.41. The van der Waals surface area contributed by atoms with Gasteiger partial charge < -0.3 is 14.8 Å². The molecule has 1 N–H and O–H groups in total. The largest absolute Gasteiger partial charge is 0.336 e. The van der Waals surface area contributed by atoms with Crippen LogP contribution in [0.3, 0.4) is 0 Å². The molecule has 1 aliphatic carbocycles. The molecule has 96 valence electrons. The van der Waals surface area contributed by atoms with Crippen molar-refractivity contribution in [3.05, 3.63) is 18.2 Å². The summed E-state index contributed by atoms with van der Waals surface area (Å²) in [6.45, 7) is 7.34. The van der Waals surface area contributed by atoms with Crippen LogP contribution >= 0.6 is 0 Å². The van der Waals surface area contributed by atoms with Crippen LogP contribution < -0.4 is 5.32 Å². The molecule has 1 saturated carbocycles. The fourth-order valence-electron chi connectivity index (χ4n) is 1.90. The maximum absolute atomic E-state index is 4.41. The Morgan fingerprint density at radius 2 is 2.29 bits per heavy atom. The number of nitrogens with one attached hydrogen (secondary N) is 1. The average Bonchev–Trinajstić information content (AvgIpc) is 3.04. The monoisotopic (exact) mass is 236 g/mol. The first-order chi connectivity index (χ1) is 8.15. The number of imidazole rings is 1. The summed E-state index contributed by atoms with van der Waals surface area (Å²) in [5.74, 6) is 0. The lowest BCUT2D eigenvalue weighted by atomic mass is 10.3. The normalized spacial score (nSPS) is 16.1. The van der Waals surface area contributed by atoms with Gasteiger partial charge >= 0.3 is 0 Å². The second kappa shape index (κ2) is 5.65. The summed E-state index contributed by atoms with van der Waals surface area (Å²) in [6, 6.07) is 1.36. The van der Waals surface area contributed by atoms with Crippen LogP contribution in [0.25, 0.3) is 0 Å². The van der Waals surface area contributed by atoms with Crippen molar-refractivity contribution in [1.82, 2.24) is 19.8 Å². The van der Waals surface area contributed by atoms with Gasteiger partial charge in [0, 0.05) is 37.9 Å². The molecule has 0 saturated heterocycles. The third-order valence-corrected chi connectivity index (χ3v) is 3.26. The number of nitrogens with zero attached hydrogens (tertiary/aromatic N) is 3. The summed E-state index contributed by atoms with van der Waals surface area (Å²) in [4.78, 5) is 6.86. The van der Waals surface area contributed by atoms with Gasteiger partial charge in [0.15, 0.2) is 0 Å². The van der Waals surface area contributed by atoms with Crippen molar-refractivity contribution >= 4 is 0 Å². The summed E-state index contributed by atoms with van der Waals surface area (Å²) >= 11 is 0. The Hall–Kier alpha value is -0.870. The van der Waals surface area contributed by atoms with E-state index in [0.717, 1.165) is 31.4 Å². The number of hydrogen-bond donors (Lipinski definition) is 1. The van der Waals surface area contributed by atoms with E-state index in [9.17, 15) is 0 Å². The van der Waals surface area contributed by atoms with Crippen molar-refractivity contribution in [3.63, 3.8) is 0 Å². The lowest BCUT2D eigenvalue weighted by Gasteiger charge is -2.15. The predicted octanol–water partition coefficient (Wildman–Crippen LogP) is 1.48. The van der Waals surface area contributed by atoms with E-state index in [2.05, 4.69) is 46.9 Å². The minimum atomic E-state index is 0.515. The van der Waals surface area contributed by atoms with Gasteiger partial charge in [-0.15, -0.1) is 0 Å². The molecule has 0 aliphatic heterocycles. The second-order valence-electron chi connectivity index (χ2n) is 5.35. The Kier molecular flexibility index (Phi) is 4.18. The van der Waals surface area contributed by atoms with E-state index < -0.39 is 0 Å². The summed E-state index contributed by atoms with van der Waals surface area (Å²) in [5, 5.41) is 3.38. The van der Waals surface area contributed by atoms with E-state index in [1.54, 1.807) is 0 Å². The van der Waals surface area contributed by atoms with Crippen LogP contribution in [0.1, 0.15) is 32.4 Å². The predicted molar refractivity (Wildman–Crippen MR) is 69.9 cm³/mol. The summed E-state index contributed by atoms with van der Waals surface area (Å²) in [7, 11) is 2.22. The summed E-state index contributed by atoms with van der Waals surface area (Å²) in [5.41, 5.74) is 1.13. The van der Waals surface area contributed by atoms with Gasteiger partial charge in [-0.25, -0.2) is 4.98 Å². The zero-order valence-corrected chi connectivity index (χ0v) is 11.2. The van der Waals surface area contributed by atoms with Gasteiger partial charge in [0.05, 0.1) is 12.0 Å². The van der Waals surface area contributed by atoms with Crippen LogP contribution in [0.2, 0.25) is 0 Å². The Morgan fingerprint density at radius 3 is 2.94 bits per heavy atom. The van der Waals surface area contributed by atoms with Gasteiger partial charge in [-0.05, 0) is 19.9 Å². The number of aromatic nitrogens is 2. The highest BCUT2D eigenvalue weighted by Crippen LogP contribution is 2.24. The van der Waals surface area contributed by atoms with Gasteiger partial charge in [-0.2, -0.15) is 0 Å². The molecule has 0 spiro atoms. The van der Waals surface area contributed by atoms with Crippen molar-refractivity contribution in [2.24, 2.45) is 0 Å². The minimum absolute atomic E-state index is 0.515. The molecule has 0 bridgehead atoms. The van der Waals surface area contributed by atoms with Crippen LogP contribution in [0.15, 0.2) is 12.5 Å². The molecule has 1 fully saturated rings. The number of likely N-dealkylation sites (N-methyl/N-ethyl adjacent to an activating group) is 1. The molecule has 1 aliphatic rings. The molecule has 17 heavy (non-hydrogen) atoms. The first kappa shape index (κ1) is 12.6. The van der Waals surface area contributed by atoms with Gasteiger partial charge in [-0.3, -0.25) is 0 Å². The highest BCUT2D eigenvalue weighted by atomic mass is 15.2. The fourth-order valence-corrected chi connectivity index (χ4v) is 1.90. The van der Waals surface area contributed by atoms with Crippen molar-refractivity contribution in [3.8, 4) is 0 Å². The maximum Gasteiger partial charge on any atom is 0.0950 e. The lowest BCUT2D eigenvalue weighted by molar-refractivity contribution is 0.309. The standard InChI is InChI=1S/C13H24N4/c1-11(2)14-8-12-9-17(10-15-12)7-6-16(3)13-4-5-13/h9-11,13-14H,4-8H2,1-3H3. The van der Waals surface area contributed by atoms with Crippen molar-refractivity contribution < 1.29 is 0 Å². The molecular weight excluding hydrogens is 212 g/mol. The Labute approximate surface area is 104 Å². The zero-order valence-electron chi connectivity index (χ0n) is 11.2. The number of rotatable bonds is 7. The molecule has 0 aromatic carbocycles. The fraction of sp³-hybridized carbons (Fsp3) is 0.769. The third-order valence-electron chi connectivity index (χ3n) is 3.26. The minimum Gasteiger partial charge on any atom is -0.336 e. The van der Waals surface area contributed by atoms with Crippen molar-refractivity contribution in [1.29, 1.82) is 0 Å². The van der Waals surface area contributed by atoms with E-state index in [1.165, 1.54) is 12.8 Å². The number of hydrogen-bond acceptors (Lipinski definition) is 3. The molecule has 4 nitrogen and oxygen atoms in total. The Morgan fingerprint density at radius 1 is 1.53 bits per heavy atom. The van der Waals surface area contributed by atoms with Crippen LogP contribution in [0.5, 0.6) is 0 Å². The topological polar surface area (TPSA) is 33.1 Å². The van der Waals surface area contributed by atoms with Crippen LogP contribution in [-0.4, -0.2) is 40.1 Å². The molecule has 0 unspecified atom stereocenters. The first-order valence-corrected chi connectivity index (χ1v) is 6.59. The van der Waals surface area contributed by atoms with E-state index in [4.69, 9.17) is 0 Å². The molecule has 1 aromatic rings. The SMILES string of the molecule is CC(C)NCc1cn(CCN(C)C2CC2)cn1. The average molecular weight is 236 g/mol. The van der Waals surface area contributed by atoms with E-state index >= 15 is 0 Å². The molecular formula is C13H24N4. The van der Waals surface area contributed by atoms with E-state index in [0.29, 0.717) is 6.04 Å². The third kappa shape index (κ3) is 4.13. The highest BCUT2D eigenvalue weighted by molar-refractivity contribution is 4.96. The van der Waals surface area contributed by atoms with Gasteiger partial charge in [0.2, 0.25) is 0 Å². The van der Waals surface area contributed by atoms with Crippen LogP contribution in [-0.2, 0) is 13.1 Å². The van der Waals surface area contributed by atoms with Gasteiger partial charge in [0.1, 0.15) is 0 Å². The molecule has 0 amide bonds. The Balaban J connectivity index is 1.73.